The number of rotatable bonds is 13. The van der Waals surface area contributed by atoms with Crippen molar-refractivity contribution in [3.05, 3.63) is 94.5 Å². The lowest BCUT2D eigenvalue weighted by Gasteiger charge is -2.19. The van der Waals surface area contributed by atoms with Crippen LogP contribution in [-0.2, 0) is 22.5 Å². The molecule has 1 N–H and O–H groups in total. The molecule has 0 aromatic heterocycles. The molecule has 1 atom stereocenters. The fraction of sp³-hybridized carbons (Fsp3) is 0.333. The summed E-state index contributed by atoms with van der Waals surface area (Å²) in [5, 5.41) is 13.2. The Morgan fingerprint density at radius 3 is 2.50 bits per heavy atom. The number of benzene rings is 3. The molecule has 0 bridgehead atoms. The summed E-state index contributed by atoms with van der Waals surface area (Å²) in [4.78, 5) is 16.0. The standard InChI is InChI=1S/C30H35NO5/c1-5-23-11-15-28(27(20-23)30(31-34-4)25-9-7-6-8-10-25)36-22(3)17-18-35-26-14-12-24(21(2)19-26)13-16-29(32)33/h6-12,14-15,19-20,22H,5,13,16-18H2,1-4H3,(H,32,33)/b31-30+/t22-/m1/s1. The van der Waals surface area contributed by atoms with Gasteiger partial charge in [0.25, 0.3) is 0 Å². The van der Waals surface area contributed by atoms with Crippen LogP contribution in [0.4, 0.5) is 0 Å². The molecular formula is C30H35NO5. The monoisotopic (exact) mass is 489 g/mol. The van der Waals surface area contributed by atoms with Crippen LogP contribution in [0.2, 0.25) is 0 Å². The summed E-state index contributed by atoms with van der Waals surface area (Å²) in [5.41, 5.74) is 5.82. The third-order valence-corrected chi connectivity index (χ3v) is 5.98. The van der Waals surface area contributed by atoms with Gasteiger partial charge >= 0.3 is 5.97 Å². The molecule has 3 aromatic carbocycles. The molecule has 0 unspecified atom stereocenters. The first-order chi connectivity index (χ1) is 17.4. The van der Waals surface area contributed by atoms with Gasteiger partial charge in [0.1, 0.15) is 24.3 Å². The number of hydrogen-bond donors (Lipinski definition) is 1. The minimum absolute atomic E-state index is 0.0910. The lowest BCUT2D eigenvalue weighted by atomic mass is 9.98. The van der Waals surface area contributed by atoms with Crippen LogP contribution in [-0.4, -0.2) is 36.6 Å². The summed E-state index contributed by atoms with van der Waals surface area (Å²) in [7, 11) is 1.55. The van der Waals surface area contributed by atoms with Gasteiger partial charge < -0.3 is 19.4 Å². The molecule has 0 amide bonds. The molecule has 0 radical (unpaired) electrons. The molecule has 6 heteroatoms. The quantitative estimate of drug-likeness (QED) is 0.228. The van der Waals surface area contributed by atoms with Crippen molar-refractivity contribution in [1.29, 1.82) is 0 Å². The summed E-state index contributed by atoms with van der Waals surface area (Å²) in [6.07, 6.45) is 2.14. The molecule has 0 fully saturated rings. The third kappa shape index (κ3) is 7.60. The first-order valence-corrected chi connectivity index (χ1v) is 12.3. The Morgan fingerprint density at radius 2 is 1.83 bits per heavy atom. The third-order valence-electron chi connectivity index (χ3n) is 5.98. The van der Waals surface area contributed by atoms with E-state index in [0.717, 1.165) is 45.9 Å². The average molecular weight is 490 g/mol. The maximum atomic E-state index is 10.8. The van der Waals surface area contributed by atoms with Crippen molar-refractivity contribution in [3.8, 4) is 11.5 Å². The van der Waals surface area contributed by atoms with Gasteiger partial charge in [-0.25, -0.2) is 0 Å². The zero-order valence-electron chi connectivity index (χ0n) is 21.5. The van der Waals surface area contributed by atoms with Crippen LogP contribution in [0.15, 0.2) is 71.9 Å². The molecule has 0 aliphatic rings. The zero-order chi connectivity index (χ0) is 25.9. The Kier molecular flexibility index (Phi) is 9.92. The lowest BCUT2D eigenvalue weighted by molar-refractivity contribution is -0.136. The summed E-state index contributed by atoms with van der Waals surface area (Å²) >= 11 is 0. The Hall–Kier alpha value is -3.80. The molecule has 0 saturated heterocycles. The van der Waals surface area contributed by atoms with Crippen LogP contribution >= 0.6 is 0 Å². The summed E-state index contributed by atoms with van der Waals surface area (Å²) in [6.45, 7) is 6.62. The van der Waals surface area contributed by atoms with Crippen LogP contribution in [0.25, 0.3) is 0 Å². The molecule has 6 nitrogen and oxygen atoms in total. The van der Waals surface area contributed by atoms with Crippen LogP contribution in [0.1, 0.15) is 54.5 Å². The van der Waals surface area contributed by atoms with E-state index in [1.165, 1.54) is 5.56 Å². The Labute approximate surface area is 213 Å². The van der Waals surface area contributed by atoms with E-state index >= 15 is 0 Å². The number of carboxylic acids is 1. The van der Waals surface area contributed by atoms with Crippen LogP contribution in [0.5, 0.6) is 11.5 Å². The fourth-order valence-electron chi connectivity index (χ4n) is 3.93. The van der Waals surface area contributed by atoms with Gasteiger partial charge in [-0.15, -0.1) is 0 Å². The van der Waals surface area contributed by atoms with Gasteiger partial charge in [-0.3, -0.25) is 4.79 Å². The van der Waals surface area contributed by atoms with Gasteiger partial charge in [0.15, 0.2) is 0 Å². The van der Waals surface area contributed by atoms with Crippen LogP contribution in [0.3, 0.4) is 0 Å². The molecule has 0 aliphatic heterocycles. The molecule has 0 spiro atoms. The predicted octanol–water partition coefficient (Wildman–Crippen LogP) is 6.21. The van der Waals surface area contributed by atoms with Gasteiger partial charge in [0.05, 0.1) is 12.7 Å². The van der Waals surface area contributed by atoms with Crippen molar-refractivity contribution in [2.75, 3.05) is 13.7 Å². The highest BCUT2D eigenvalue weighted by atomic mass is 16.6. The van der Waals surface area contributed by atoms with E-state index < -0.39 is 5.97 Å². The van der Waals surface area contributed by atoms with Crippen molar-refractivity contribution < 1.29 is 24.2 Å². The summed E-state index contributed by atoms with van der Waals surface area (Å²) in [5.74, 6) is 0.726. The highest BCUT2D eigenvalue weighted by molar-refractivity contribution is 6.14. The van der Waals surface area contributed by atoms with Gasteiger partial charge in [-0.05, 0) is 67.6 Å². The van der Waals surface area contributed by atoms with Crippen LogP contribution in [0, 0.1) is 6.92 Å². The van der Waals surface area contributed by atoms with Crippen molar-refractivity contribution in [3.63, 3.8) is 0 Å². The first kappa shape index (κ1) is 26.8. The van der Waals surface area contributed by atoms with Crippen molar-refractivity contribution in [1.82, 2.24) is 0 Å². The van der Waals surface area contributed by atoms with Crippen LogP contribution < -0.4 is 9.47 Å². The van der Waals surface area contributed by atoms with E-state index in [9.17, 15) is 4.79 Å². The predicted molar refractivity (Wildman–Crippen MR) is 142 cm³/mol. The second kappa shape index (κ2) is 13.3. The van der Waals surface area contributed by atoms with Gasteiger partial charge in [-0.2, -0.15) is 0 Å². The molecular weight excluding hydrogens is 454 g/mol. The SMILES string of the molecule is CCc1ccc(O[C@H](C)CCOc2ccc(CCC(=O)O)c(C)c2)c(/C(=N/OC)c2ccccc2)c1. The van der Waals surface area contributed by atoms with E-state index in [1.54, 1.807) is 7.11 Å². The normalized spacial score (nSPS) is 12.2. The summed E-state index contributed by atoms with van der Waals surface area (Å²) < 4.78 is 12.3. The zero-order valence-corrected chi connectivity index (χ0v) is 21.5. The minimum Gasteiger partial charge on any atom is -0.493 e. The van der Waals surface area contributed by atoms with Crippen molar-refractivity contribution >= 4 is 11.7 Å². The van der Waals surface area contributed by atoms with Crippen molar-refractivity contribution in [2.45, 2.75) is 52.6 Å². The molecule has 0 saturated carbocycles. The minimum atomic E-state index is -0.791. The highest BCUT2D eigenvalue weighted by Crippen LogP contribution is 2.26. The van der Waals surface area contributed by atoms with Crippen molar-refractivity contribution in [2.24, 2.45) is 5.16 Å². The molecule has 3 aromatic rings. The molecule has 190 valence electrons. The average Bonchev–Trinajstić information content (AvgIpc) is 2.87. The topological polar surface area (TPSA) is 77.4 Å². The fourth-order valence-corrected chi connectivity index (χ4v) is 3.93. The molecule has 0 aliphatic carbocycles. The first-order valence-electron chi connectivity index (χ1n) is 12.3. The van der Waals surface area contributed by atoms with Gasteiger partial charge in [0.2, 0.25) is 0 Å². The van der Waals surface area contributed by atoms with E-state index in [-0.39, 0.29) is 12.5 Å². The number of oxime groups is 1. The number of carboxylic acid groups (broad SMARTS) is 1. The molecule has 0 heterocycles. The maximum Gasteiger partial charge on any atom is 0.303 e. The van der Waals surface area contributed by atoms with E-state index in [0.29, 0.717) is 19.4 Å². The van der Waals surface area contributed by atoms with E-state index in [4.69, 9.17) is 19.4 Å². The highest BCUT2D eigenvalue weighted by Gasteiger charge is 2.17. The molecule has 3 rings (SSSR count). The second-order valence-electron chi connectivity index (χ2n) is 8.72. The number of carbonyl (C=O) groups is 1. The largest absolute Gasteiger partial charge is 0.493 e. The smallest absolute Gasteiger partial charge is 0.303 e. The number of aryl methyl sites for hydroxylation is 3. The lowest BCUT2D eigenvalue weighted by Crippen LogP contribution is -2.18. The Bertz CT molecular complexity index is 1170. The second-order valence-corrected chi connectivity index (χ2v) is 8.72. The Balaban J connectivity index is 1.67. The number of ether oxygens (including phenoxy) is 2. The van der Waals surface area contributed by atoms with Gasteiger partial charge in [-0.1, -0.05) is 54.5 Å². The van der Waals surface area contributed by atoms with E-state index in [1.807, 2.05) is 68.4 Å². The summed E-state index contributed by atoms with van der Waals surface area (Å²) in [6, 6.07) is 21.9. The number of hydrogen-bond acceptors (Lipinski definition) is 5. The number of aliphatic carboxylic acids is 1. The molecule has 36 heavy (non-hydrogen) atoms. The number of nitrogens with zero attached hydrogens (tertiary/aromatic N) is 1. The maximum absolute atomic E-state index is 10.8. The van der Waals surface area contributed by atoms with E-state index in [2.05, 4.69) is 24.2 Å². The van der Waals surface area contributed by atoms with Gasteiger partial charge in [0, 0.05) is 24.0 Å². The Morgan fingerprint density at radius 1 is 1.06 bits per heavy atom.